The van der Waals surface area contributed by atoms with Crippen molar-refractivity contribution in [1.82, 2.24) is 4.90 Å². The van der Waals surface area contributed by atoms with Crippen LogP contribution in [-0.4, -0.2) is 74.1 Å². The molecule has 310 valence electrons. The number of hydrogen-bond acceptors (Lipinski definition) is 7. The fourth-order valence-corrected chi connectivity index (χ4v) is 6.97. The molecular weight excluding hydrogens is 650 g/mol. The molecule has 0 saturated carbocycles. The lowest BCUT2D eigenvalue weighted by Crippen LogP contribution is -2.40. The minimum atomic E-state index is -0.343. The number of hydrogen-bond donors (Lipinski definition) is 1. The predicted molar refractivity (Wildman–Crippen MR) is 220 cm³/mol. The second kappa shape index (κ2) is 41.0. The SMILES string of the molecule is CCCCCCCCCCCCOCC(CN(CCO)CCCCCC(=O)OCC(CCCCCC)CCCCCCCC)OC(=O)CCCCC. The van der Waals surface area contributed by atoms with Crippen molar-refractivity contribution < 1.29 is 28.9 Å². The Kier molecular flexibility index (Phi) is 40.1. The number of unbranched alkanes of at least 4 members (excludes halogenated alkanes) is 21. The molecule has 0 bridgehead atoms. The molecule has 0 spiro atoms. The number of esters is 2. The zero-order valence-corrected chi connectivity index (χ0v) is 35.3. The van der Waals surface area contributed by atoms with Crippen LogP contribution in [0, 0.1) is 5.92 Å². The van der Waals surface area contributed by atoms with E-state index in [0.29, 0.717) is 51.7 Å². The van der Waals surface area contributed by atoms with E-state index in [1.807, 2.05) is 0 Å². The number of aliphatic hydroxyl groups excluding tert-OH is 1. The number of rotatable bonds is 42. The van der Waals surface area contributed by atoms with Crippen LogP contribution >= 0.6 is 0 Å². The zero-order valence-electron chi connectivity index (χ0n) is 35.3. The molecule has 0 aliphatic carbocycles. The highest BCUT2D eigenvalue weighted by atomic mass is 16.6. The molecule has 0 rings (SSSR count). The van der Waals surface area contributed by atoms with Crippen molar-refractivity contribution in [3.63, 3.8) is 0 Å². The summed E-state index contributed by atoms with van der Waals surface area (Å²) in [5.74, 6) is 0.272. The summed E-state index contributed by atoms with van der Waals surface area (Å²) in [5.41, 5.74) is 0. The number of carbonyl (C=O) groups excluding carboxylic acids is 2. The average molecular weight is 740 g/mol. The normalized spacial score (nSPS) is 12.7. The molecule has 0 radical (unpaired) electrons. The summed E-state index contributed by atoms with van der Waals surface area (Å²) in [6, 6.07) is 0. The molecule has 7 nitrogen and oxygen atoms in total. The van der Waals surface area contributed by atoms with Gasteiger partial charge in [-0.2, -0.15) is 0 Å². The van der Waals surface area contributed by atoms with Crippen molar-refractivity contribution in [1.29, 1.82) is 0 Å². The van der Waals surface area contributed by atoms with Gasteiger partial charge in [-0.1, -0.05) is 169 Å². The molecule has 0 aliphatic heterocycles. The fraction of sp³-hybridized carbons (Fsp3) is 0.956. The summed E-state index contributed by atoms with van der Waals surface area (Å²) in [6.45, 7) is 12.5. The summed E-state index contributed by atoms with van der Waals surface area (Å²) in [4.78, 5) is 27.5. The average Bonchev–Trinajstić information content (AvgIpc) is 3.13. The molecule has 0 aromatic heterocycles. The van der Waals surface area contributed by atoms with Crippen LogP contribution in [0.25, 0.3) is 0 Å². The van der Waals surface area contributed by atoms with E-state index < -0.39 is 0 Å². The van der Waals surface area contributed by atoms with Crippen LogP contribution in [0.1, 0.15) is 220 Å². The molecule has 52 heavy (non-hydrogen) atoms. The Morgan fingerprint density at radius 3 is 1.56 bits per heavy atom. The summed E-state index contributed by atoms with van der Waals surface area (Å²) < 4.78 is 17.8. The molecule has 0 amide bonds. The van der Waals surface area contributed by atoms with Gasteiger partial charge in [-0.15, -0.1) is 0 Å². The van der Waals surface area contributed by atoms with Crippen molar-refractivity contribution in [3.8, 4) is 0 Å². The minimum Gasteiger partial charge on any atom is -0.465 e. The Hall–Kier alpha value is -1.18. The lowest BCUT2D eigenvalue weighted by Gasteiger charge is -2.27. The Bertz CT molecular complexity index is 749. The van der Waals surface area contributed by atoms with Crippen molar-refractivity contribution in [2.24, 2.45) is 5.92 Å². The van der Waals surface area contributed by atoms with E-state index >= 15 is 0 Å². The van der Waals surface area contributed by atoms with E-state index in [9.17, 15) is 14.7 Å². The predicted octanol–water partition coefficient (Wildman–Crippen LogP) is 12.2. The third-order valence-electron chi connectivity index (χ3n) is 10.4. The first kappa shape index (κ1) is 50.8. The first-order valence-corrected chi connectivity index (χ1v) is 22.8. The summed E-state index contributed by atoms with van der Waals surface area (Å²) in [6.07, 6.45) is 34.2. The van der Waals surface area contributed by atoms with E-state index in [2.05, 4.69) is 32.6 Å². The van der Waals surface area contributed by atoms with Gasteiger partial charge in [0.05, 0.1) is 19.8 Å². The second-order valence-corrected chi connectivity index (χ2v) is 15.6. The monoisotopic (exact) mass is 740 g/mol. The highest BCUT2D eigenvalue weighted by Gasteiger charge is 2.19. The number of aliphatic hydroxyl groups is 1. The van der Waals surface area contributed by atoms with Gasteiger partial charge < -0.3 is 19.3 Å². The van der Waals surface area contributed by atoms with Crippen LogP contribution in [0.2, 0.25) is 0 Å². The number of carbonyl (C=O) groups is 2. The topological polar surface area (TPSA) is 85.3 Å². The molecule has 0 fully saturated rings. The maximum absolute atomic E-state index is 12.6. The van der Waals surface area contributed by atoms with E-state index in [0.717, 1.165) is 51.5 Å². The molecule has 0 heterocycles. The van der Waals surface area contributed by atoms with Gasteiger partial charge in [0.2, 0.25) is 0 Å². The Labute approximate surface area is 323 Å². The van der Waals surface area contributed by atoms with Crippen molar-refractivity contribution >= 4 is 11.9 Å². The van der Waals surface area contributed by atoms with Gasteiger partial charge in [0.15, 0.2) is 0 Å². The fourth-order valence-electron chi connectivity index (χ4n) is 6.97. The Balaban J connectivity index is 4.58. The molecule has 1 N–H and O–H groups in total. The molecule has 0 saturated heterocycles. The van der Waals surface area contributed by atoms with Crippen molar-refractivity contribution in [2.75, 3.05) is 46.1 Å². The molecule has 2 atom stereocenters. The van der Waals surface area contributed by atoms with E-state index in [1.54, 1.807) is 0 Å². The van der Waals surface area contributed by atoms with Gasteiger partial charge in [0.25, 0.3) is 0 Å². The minimum absolute atomic E-state index is 0.0568. The molecular formula is C45H89NO6. The van der Waals surface area contributed by atoms with Crippen LogP contribution in [-0.2, 0) is 23.8 Å². The molecule has 2 unspecified atom stereocenters. The van der Waals surface area contributed by atoms with Crippen LogP contribution in [0.3, 0.4) is 0 Å². The van der Waals surface area contributed by atoms with E-state index in [-0.39, 0.29) is 24.6 Å². The number of nitrogens with zero attached hydrogens (tertiary/aromatic N) is 1. The first-order chi connectivity index (χ1) is 25.5. The third kappa shape index (κ3) is 35.8. The highest BCUT2D eigenvalue weighted by Crippen LogP contribution is 2.20. The lowest BCUT2D eigenvalue weighted by molar-refractivity contribution is -0.153. The first-order valence-electron chi connectivity index (χ1n) is 22.8. The van der Waals surface area contributed by atoms with Crippen LogP contribution < -0.4 is 0 Å². The Morgan fingerprint density at radius 2 is 0.981 bits per heavy atom. The van der Waals surface area contributed by atoms with Gasteiger partial charge >= 0.3 is 11.9 Å². The van der Waals surface area contributed by atoms with Gasteiger partial charge in [-0.3, -0.25) is 14.5 Å². The highest BCUT2D eigenvalue weighted by molar-refractivity contribution is 5.69. The molecule has 0 aromatic rings. The van der Waals surface area contributed by atoms with E-state index in [4.69, 9.17) is 14.2 Å². The van der Waals surface area contributed by atoms with E-state index in [1.165, 1.54) is 135 Å². The molecule has 7 heteroatoms. The second-order valence-electron chi connectivity index (χ2n) is 15.6. The maximum atomic E-state index is 12.6. The van der Waals surface area contributed by atoms with Gasteiger partial charge in [-0.25, -0.2) is 0 Å². The summed E-state index contributed by atoms with van der Waals surface area (Å²) >= 11 is 0. The lowest BCUT2D eigenvalue weighted by atomic mass is 9.95. The van der Waals surface area contributed by atoms with Gasteiger partial charge in [0.1, 0.15) is 6.10 Å². The third-order valence-corrected chi connectivity index (χ3v) is 10.4. The Morgan fingerprint density at radius 1 is 0.519 bits per heavy atom. The maximum Gasteiger partial charge on any atom is 0.306 e. The van der Waals surface area contributed by atoms with Crippen LogP contribution in [0.15, 0.2) is 0 Å². The largest absolute Gasteiger partial charge is 0.465 e. The van der Waals surface area contributed by atoms with Gasteiger partial charge in [-0.05, 0) is 51.0 Å². The van der Waals surface area contributed by atoms with Gasteiger partial charge in [0, 0.05) is 32.5 Å². The van der Waals surface area contributed by atoms with Crippen LogP contribution in [0.4, 0.5) is 0 Å². The zero-order chi connectivity index (χ0) is 38.2. The molecule has 0 aliphatic rings. The summed E-state index contributed by atoms with van der Waals surface area (Å²) in [7, 11) is 0. The standard InChI is InChI=1S/C45H89NO6/c1-5-9-13-16-18-19-20-21-23-30-38-50-41-43(52-45(49)34-25-12-8-4)39-46(36-37-47)35-29-24-28-33-44(48)51-40-42(31-26-15-11-7-3)32-27-22-17-14-10-6-2/h42-43,47H,5-41H2,1-4H3. The number of ether oxygens (including phenoxy) is 3. The molecule has 0 aromatic carbocycles. The quantitative estimate of drug-likeness (QED) is 0.0493. The summed E-state index contributed by atoms with van der Waals surface area (Å²) in [5, 5.41) is 9.78. The van der Waals surface area contributed by atoms with Crippen LogP contribution in [0.5, 0.6) is 0 Å². The smallest absolute Gasteiger partial charge is 0.306 e. The van der Waals surface area contributed by atoms with Crippen molar-refractivity contribution in [3.05, 3.63) is 0 Å². The van der Waals surface area contributed by atoms with Crippen molar-refractivity contribution in [2.45, 2.75) is 226 Å².